The molecule has 126 valence electrons. The van der Waals surface area contributed by atoms with Gasteiger partial charge in [0, 0.05) is 43.5 Å². The van der Waals surface area contributed by atoms with Crippen LogP contribution in [0.1, 0.15) is 23.5 Å². The maximum atomic E-state index is 12.8. The van der Waals surface area contributed by atoms with Crippen molar-refractivity contribution in [1.29, 1.82) is 0 Å². The Morgan fingerprint density at radius 1 is 1.00 bits per heavy atom. The molecule has 1 amide bonds. The standard InChI is InChI=1S/C20H23ClN2O/c1-22-10-12-23(13-11-22)20(24)15-19(16-6-3-2-4-7-16)17-8-5-9-18(21)14-17/h2-9,14,19H,10-13,15H2,1H3/t19-/m0/s1. The lowest BCUT2D eigenvalue weighted by atomic mass is 9.88. The van der Waals surface area contributed by atoms with Crippen LogP contribution in [0.2, 0.25) is 5.02 Å². The van der Waals surface area contributed by atoms with E-state index in [1.165, 1.54) is 0 Å². The summed E-state index contributed by atoms with van der Waals surface area (Å²) in [5.41, 5.74) is 2.25. The summed E-state index contributed by atoms with van der Waals surface area (Å²) < 4.78 is 0. The van der Waals surface area contributed by atoms with E-state index in [-0.39, 0.29) is 11.8 Å². The summed E-state index contributed by atoms with van der Waals surface area (Å²) in [5.74, 6) is 0.258. The van der Waals surface area contributed by atoms with Gasteiger partial charge in [0.15, 0.2) is 0 Å². The Hall–Kier alpha value is -1.84. The molecule has 1 heterocycles. The smallest absolute Gasteiger partial charge is 0.223 e. The third-order valence-electron chi connectivity index (χ3n) is 4.69. The summed E-state index contributed by atoms with van der Waals surface area (Å²) in [6.45, 7) is 3.51. The number of hydrogen-bond donors (Lipinski definition) is 0. The fraction of sp³-hybridized carbons (Fsp3) is 0.350. The number of nitrogens with zero attached hydrogens (tertiary/aromatic N) is 2. The molecule has 0 unspecified atom stereocenters. The first-order valence-electron chi connectivity index (χ1n) is 8.40. The molecule has 24 heavy (non-hydrogen) atoms. The summed E-state index contributed by atoms with van der Waals surface area (Å²) in [5, 5.41) is 0.709. The normalized spacial score (nSPS) is 16.8. The van der Waals surface area contributed by atoms with Gasteiger partial charge in [0.25, 0.3) is 0 Å². The molecule has 0 aliphatic carbocycles. The van der Waals surface area contributed by atoms with Crippen LogP contribution in [0.5, 0.6) is 0 Å². The molecule has 3 rings (SSSR count). The van der Waals surface area contributed by atoms with Crippen LogP contribution in [0, 0.1) is 0 Å². The highest BCUT2D eigenvalue weighted by Gasteiger charge is 2.24. The molecule has 3 nitrogen and oxygen atoms in total. The van der Waals surface area contributed by atoms with Crippen LogP contribution in [0.3, 0.4) is 0 Å². The molecule has 1 fully saturated rings. The minimum Gasteiger partial charge on any atom is -0.340 e. The quantitative estimate of drug-likeness (QED) is 0.847. The second-order valence-electron chi connectivity index (χ2n) is 6.41. The lowest BCUT2D eigenvalue weighted by Crippen LogP contribution is -2.47. The fourth-order valence-electron chi connectivity index (χ4n) is 3.20. The minimum atomic E-state index is 0.0389. The Kier molecular flexibility index (Phi) is 5.54. The van der Waals surface area contributed by atoms with Gasteiger partial charge in [-0.3, -0.25) is 4.79 Å². The minimum absolute atomic E-state index is 0.0389. The van der Waals surface area contributed by atoms with E-state index in [4.69, 9.17) is 11.6 Å². The van der Waals surface area contributed by atoms with E-state index in [1.54, 1.807) is 0 Å². The van der Waals surface area contributed by atoms with Crippen LogP contribution in [0.4, 0.5) is 0 Å². The number of carbonyl (C=O) groups is 1. The molecule has 0 aromatic heterocycles. The summed E-state index contributed by atoms with van der Waals surface area (Å²) in [4.78, 5) is 17.1. The number of amides is 1. The van der Waals surface area contributed by atoms with Gasteiger partial charge < -0.3 is 9.80 Å². The van der Waals surface area contributed by atoms with E-state index in [0.29, 0.717) is 11.4 Å². The first kappa shape index (κ1) is 17.0. The Labute approximate surface area is 148 Å². The van der Waals surface area contributed by atoms with Crippen LogP contribution in [-0.2, 0) is 4.79 Å². The molecule has 0 saturated carbocycles. The number of hydrogen-bond acceptors (Lipinski definition) is 2. The van der Waals surface area contributed by atoms with Crippen molar-refractivity contribution in [2.24, 2.45) is 0 Å². The Bertz CT molecular complexity index is 681. The zero-order valence-electron chi connectivity index (χ0n) is 14.0. The van der Waals surface area contributed by atoms with E-state index in [2.05, 4.69) is 30.1 Å². The maximum absolute atomic E-state index is 12.8. The molecule has 1 atom stereocenters. The maximum Gasteiger partial charge on any atom is 0.223 e. The molecule has 1 aliphatic heterocycles. The Morgan fingerprint density at radius 3 is 2.33 bits per heavy atom. The van der Waals surface area contributed by atoms with Crippen molar-refractivity contribution in [2.75, 3.05) is 33.2 Å². The van der Waals surface area contributed by atoms with Crippen molar-refractivity contribution in [1.82, 2.24) is 9.80 Å². The highest BCUT2D eigenvalue weighted by Crippen LogP contribution is 2.30. The number of carbonyl (C=O) groups excluding carboxylic acids is 1. The lowest BCUT2D eigenvalue weighted by molar-refractivity contribution is -0.133. The largest absolute Gasteiger partial charge is 0.340 e. The first-order valence-corrected chi connectivity index (χ1v) is 8.78. The summed E-state index contributed by atoms with van der Waals surface area (Å²) in [6, 6.07) is 18.1. The average molecular weight is 343 g/mol. The van der Waals surface area contributed by atoms with Gasteiger partial charge >= 0.3 is 0 Å². The number of benzene rings is 2. The van der Waals surface area contributed by atoms with Gasteiger partial charge in [0.1, 0.15) is 0 Å². The van der Waals surface area contributed by atoms with Crippen molar-refractivity contribution < 1.29 is 4.79 Å². The van der Waals surface area contributed by atoms with Gasteiger partial charge in [0.05, 0.1) is 0 Å². The highest BCUT2D eigenvalue weighted by atomic mass is 35.5. The molecule has 1 aliphatic rings. The molecule has 4 heteroatoms. The molecule has 0 spiro atoms. The number of likely N-dealkylation sites (N-methyl/N-ethyl adjacent to an activating group) is 1. The topological polar surface area (TPSA) is 23.6 Å². The third-order valence-corrected chi connectivity index (χ3v) is 4.92. The van der Waals surface area contributed by atoms with Crippen LogP contribution >= 0.6 is 11.6 Å². The molecule has 2 aromatic rings. The van der Waals surface area contributed by atoms with Crippen LogP contribution in [0.15, 0.2) is 54.6 Å². The zero-order valence-corrected chi connectivity index (χ0v) is 14.7. The zero-order chi connectivity index (χ0) is 16.9. The summed E-state index contributed by atoms with van der Waals surface area (Å²) in [6.07, 6.45) is 0.480. The van der Waals surface area contributed by atoms with Gasteiger partial charge in [-0.1, -0.05) is 54.1 Å². The van der Waals surface area contributed by atoms with Gasteiger partial charge in [0.2, 0.25) is 5.91 Å². The highest BCUT2D eigenvalue weighted by molar-refractivity contribution is 6.30. The van der Waals surface area contributed by atoms with Gasteiger partial charge in [-0.25, -0.2) is 0 Å². The molecule has 1 saturated heterocycles. The van der Waals surface area contributed by atoms with E-state index in [1.807, 2.05) is 41.3 Å². The van der Waals surface area contributed by atoms with Crippen LogP contribution in [0.25, 0.3) is 0 Å². The summed E-state index contributed by atoms with van der Waals surface area (Å²) >= 11 is 6.18. The van der Waals surface area contributed by atoms with E-state index in [0.717, 1.165) is 37.3 Å². The number of halogens is 1. The second-order valence-corrected chi connectivity index (χ2v) is 6.84. The molecular weight excluding hydrogens is 320 g/mol. The van der Waals surface area contributed by atoms with Crippen molar-refractivity contribution in [2.45, 2.75) is 12.3 Å². The van der Waals surface area contributed by atoms with Crippen molar-refractivity contribution in [3.8, 4) is 0 Å². The van der Waals surface area contributed by atoms with Gasteiger partial charge in [-0.2, -0.15) is 0 Å². The number of rotatable bonds is 4. The lowest BCUT2D eigenvalue weighted by Gasteiger charge is -2.33. The first-order chi connectivity index (χ1) is 11.6. The van der Waals surface area contributed by atoms with E-state index in [9.17, 15) is 4.79 Å². The fourth-order valence-corrected chi connectivity index (χ4v) is 3.40. The number of piperazine rings is 1. The molecule has 0 bridgehead atoms. The predicted octanol–water partition coefficient (Wildman–Crippen LogP) is 3.64. The van der Waals surface area contributed by atoms with Crippen molar-refractivity contribution in [3.63, 3.8) is 0 Å². The van der Waals surface area contributed by atoms with Crippen LogP contribution < -0.4 is 0 Å². The average Bonchev–Trinajstić information content (AvgIpc) is 2.61. The monoisotopic (exact) mass is 342 g/mol. The van der Waals surface area contributed by atoms with Crippen molar-refractivity contribution in [3.05, 3.63) is 70.7 Å². The van der Waals surface area contributed by atoms with E-state index < -0.39 is 0 Å². The Morgan fingerprint density at radius 2 is 1.67 bits per heavy atom. The van der Waals surface area contributed by atoms with E-state index >= 15 is 0 Å². The van der Waals surface area contributed by atoms with Gasteiger partial charge in [-0.05, 0) is 30.3 Å². The predicted molar refractivity (Wildman–Crippen MR) is 98.4 cm³/mol. The van der Waals surface area contributed by atoms with Crippen LogP contribution in [-0.4, -0.2) is 48.9 Å². The molecule has 0 N–H and O–H groups in total. The third kappa shape index (κ3) is 4.16. The SMILES string of the molecule is CN1CCN(C(=O)C[C@@H](c2ccccc2)c2cccc(Cl)c2)CC1. The molecular formula is C20H23ClN2O. The molecule has 0 radical (unpaired) electrons. The Balaban J connectivity index is 1.81. The summed E-state index contributed by atoms with van der Waals surface area (Å²) in [7, 11) is 2.10. The second kappa shape index (κ2) is 7.82. The molecule has 2 aromatic carbocycles. The van der Waals surface area contributed by atoms with Crippen molar-refractivity contribution >= 4 is 17.5 Å². The van der Waals surface area contributed by atoms with Gasteiger partial charge in [-0.15, -0.1) is 0 Å².